The molecule has 0 fully saturated rings. The van der Waals surface area contributed by atoms with Crippen LogP contribution in [0.15, 0.2) is 419 Å². The van der Waals surface area contributed by atoms with Gasteiger partial charge in [-0.05, 0) is 145 Å². The topological polar surface area (TPSA) is 109 Å². The number of nitrogens with zero attached hydrogens (tertiary/aromatic N) is 7. The molecule has 0 unspecified atom stereocenters. The molecular weight excluding hydrogens is 1510 g/mol. The number of ether oxygens (including phenoxy) is 2. The highest BCUT2D eigenvalue weighted by Gasteiger charge is 2.53. The summed E-state index contributed by atoms with van der Waals surface area (Å²) in [4.78, 5) is 36.2. The summed E-state index contributed by atoms with van der Waals surface area (Å²) in [5, 5.41) is 8.66. The Hall–Kier alpha value is -16.5. The molecule has 26 rings (SSSR count). The van der Waals surface area contributed by atoms with Crippen molar-refractivity contribution < 1.29 is 9.47 Å². The van der Waals surface area contributed by atoms with E-state index >= 15 is 0 Å². The summed E-state index contributed by atoms with van der Waals surface area (Å²) in [6, 6.07) is 148. The van der Waals surface area contributed by atoms with Crippen LogP contribution < -0.4 is 9.47 Å². The van der Waals surface area contributed by atoms with E-state index in [2.05, 4.69) is 340 Å². The van der Waals surface area contributed by atoms with Gasteiger partial charge in [0.1, 0.15) is 23.0 Å². The maximum absolute atomic E-state index is 6.98. The van der Waals surface area contributed by atoms with E-state index in [0.717, 1.165) is 183 Å². The molecule has 0 amide bonds. The molecule has 2 aliphatic carbocycles. The molecule has 9 heteroatoms. The van der Waals surface area contributed by atoms with Gasteiger partial charge in [-0.2, -0.15) is 0 Å². The molecule has 0 saturated heterocycles. The van der Waals surface area contributed by atoms with Crippen LogP contribution in [0.5, 0.6) is 23.0 Å². The Kier molecular flexibility index (Phi) is 16.0. The second kappa shape index (κ2) is 28.1. The molecule has 0 radical (unpaired) electrons. The van der Waals surface area contributed by atoms with Gasteiger partial charge in [0.15, 0.2) is 17.5 Å². The molecule has 2 aliphatic heterocycles. The van der Waals surface area contributed by atoms with Crippen LogP contribution in [0.1, 0.15) is 44.5 Å². The zero-order valence-corrected chi connectivity index (χ0v) is 66.8. The molecule has 7 heterocycles. The molecular formula is C115H69N7O2. The Morgan fingerprint density at radius 2 is 0.500 bits per heavy atom. The SMILES string of the molecule is c1ccc(-c2ccc3ccc4ccc(-c5cccc(-c6nc7ccccc7c7cc8c(cc67)Oc6ccccc6C86c7ccccc7-c7ccccc76)c5)nc4c3n2)cc1.c1ccc(-c2nc(-c3ccccc3)nc(-c3cccc(-c4cccc(-c5nc6ccccc6c6cc7c(cc56)Oc5ccccc5C75c6ccccc6-c6ccccc65)c4)c3)n2)cc1. The van der Waals surface area contributed by atoms with Gasteiger partial charge in [-0.1, -0.05) is 340 Å². The molecule has 2 spiro atoms. The molecule has 5 aromatic heterocycles. The first-order chi connectivity index (χ1) is 61.4. The summed E-state index contributed by atoms with van der Waals surface area (Å²) >= 11 is 0. The van der Waals surface area contributed by atoms with Gasteiger partial charge in [-0.25, -0.2) is 34.9 Å². The Morgan fingerprint density at radius 3 is 0.952 bits per heavy atom. The van der Waals surface area contributed by atoms with Gasteiger partial charge < -0.3 is 9.47 Å². The lowest BCUT2D eigenvalue weighted by atomic mass is 9.65. The van der Waals surface area contributed by atoms with Crippen molar-refractivity contribution in [2.45, 2.75) is 10.8 Å². The lowest BCUT2D eigenvalue weighted by Crippen LogP contribution is -2.32. The summed E-state index contributed by atoms with van der Waals surface area (Å²) in [7, 11) is 0. The Labute approximate surface area is 714 Å². The van der Waals surface area contributed by atoms with Crippen LogP contribution in [-0.4, -0.2) is 34.9 Å². The third-order valence-electron chi connectivity index (χ3n) is 25.6. The number of pyridine rings is 4. The van der Waals surface area contributed by atoms with Crippen LogP contribution in [0, 0.1) is 0 Å². The van der Waals surface area contributed by atoms with E-state index in [1.54, 1.807) is 0 Å². The summed E-state index contributed by atoms with van der Waals surface area (Å²) < 4.78 is 13.9. The van der Waals surface area contributed by atoms with Crippen LogP contribution in [-0.2, 0) is 10.8 Å². The standard InChI is InChI=1S/C59H36N4O.C56H33N3O/c1-3-17-37(18-4-1)56-61-57(38-19-5-2-6-20-38)63-58(62-56)42-24-16-22-40(34-42)39-21-15-23-41(33-39)55-47-36-54-51(35-46(47)45-27-9-13-31-52(45)60-55)59(50-30-12-14-32-53(50)64-54)48-28-10-7-25-43(48)44-26-8-11-29-49(44)59;1-2-13-34(14-3-1)48-29-27-35-25-26-36-28-30-49(58-55(36)54(35)57-48)37-15-12-16-38(31-37)53-43-33-52-47(32-42(43)41-19-6-10-23-50(41)59-53)56(46-22-9-11-24-51(46)60-52)44-20-7-4-17-39(44)40-18-5-8-21-45(40)56/h1-36H;1-33H. The third kappa shape index (κ3) is 10.9. The fourth-order valence-corrected chi connectivity index (χ4v) is 20.2. The van der Waals surface area contributed by atoms with Gasteiger partial charge in [0.2, 0.25) is 0 Å². The maximum Gasteiger partial charge on any atom is 0.164 e. The van der Waals surface area contributed by atoms with Gasteiger partial charge in [-0.3, -0.25) is 0 Å². The van der Waals surface area contributed by atoms with Crippen LogP contribution in [0.25, 0.3) is 178 Å². The molecule has 17 aromatic carbocycles. The minimum absolute atomic E-state index is 0.557. The maximum atomic E-state index is 6.98. The summed E-state index contributed by atoms with van der Waals surface area (Å²) in [5.74, 6) is 5.29. The summed E-state index contributed by atoms with van der Waals surface area (Å²) in [6.45, 7) is 0. The number of fused-ring (bicyclic) bond motifs is 27. The first-order valence-corrected chi connectivity index (χ1v) is 42.1. The number of para-hydroxylation sites is 4. The molecule has 0 atom stereocenters. The normalized spacial score (nSPS) is 13.1. The van der Waals surface area contributed by atoms with Crippen molar-refractivity contribution in [2.24, 2.45) is 0 Å². The zero-order valence-electron chi connectivity index (χ0n) is 66.8. The van der Waals surface area contributed by atoms with Crippen molar-refractivity contribution in [1.82, 2.24) is 34.9 Å². The van der Waals surface area contributed by atoms with Crippen LogP contribution in [0.4, 0.5) is 0 Å². The van der Waals surface area contributed by atoms with E-state index in [1.807, 2.05) is 78.9 Å². The Bertz CT molecular complexity index is 8070. The number of benzene rings is 17. The van der Waals surface area contributed by atoms with Crippen molar-refractivity contribution in [3.63, 3.8) is 0 Å². The molecule has 0 bridgehead atoms. The first-order valence-electron chi connectivity index (χ1n) is 42.1. The largest absolute Gasteiger partial charge is 0.457 e. The average molecular weight is 1580 g/mol. The molecule has 4 aliphatic rings. The van der Waals surface area contributed by atoms with Crippen molar-refractivity contribution in [1.29, 1.82) is 0 Å². The van der Waals surface area contributed by atoms with Crippen molar-refractivity contribution in [3.8, 4) is 136 Å². The highest BCUT2D eigenvalue weighted by atomic mass is 16.5. The molecule has 0 saturated carbocycles. The van der Waals surface area contributed by atoms with Gasteiger partial charge in [0.25, 0.3) is 0 Å². The van der Waals surface area contributed by atoms with E-state index in [4.69, 9.17) is 44.4 Å². The van der Waals surface area contributed by atoms with Crippen molar-refractivity contribution in [2.75, 3.05) is 0 Å². The number of rotatable bonds is 8. The summed E-state index contributed by atoms with van der Waals surface area (Å²) in [6.07, 6.45) is 0. The molecule has 576 valence electrons. The number of hydrogen-bond acceptors (Lipinski definition) is 9. The second-order valence-electron chi connectivity index (χ2n) is 32.4. The number of hydrogen-bond donors (Lipinski definition) is 0. The molecule has 9 nitrogen and oxygen atoms in total. The minimum Gasteiger partial charge on any atom is -0.457 e. The Morgan fingerprint density at radius 1 is 0.177 bits per heavy atom. The average Bonchev–Trinajstić information content (AvgIpc) is 1.46. The highest BCUT2D eigenvalue weighted by Crippen LogP contribution is 2.65. The van der Waals surface area contributed by atoms with Crippen LogP contribution in [0.2, 0.25) is 0 Å². The lowest BCUT2D eigenvalue weighted by Gasteiger charge is -2.39. The van der Waals surface area contributed by atoms with Gasteiger partial charge in [0, 0.05) is 93.5 Å². The van der Waals surface area contributed by atoms with E-state index in [9.17, 15) is 0 Å². The van der Waals surface area contributed by atoms with E-state index in [0.29, 0.717) is 17.5 Å². The van der Waals surface area contributed by atoms with Gasteiger partial charge in [-0.15, -0.1) is 0 Å². The number of aromatic nitrogens is 7. The highest BCUT2D eigenvalue weighted by molar-refractivity contribution is 6.15. The predicted molar refractivity (Wildman–Crippen MR) is 501 cm³/mol. The monoisotopic (exact) mass is 1580 g/mol. The smallest absolute Gasteiger partial charge is 0.164 e. The molecule has 124 heavy (non-hydrogen) atoms. The fraction of sp³-hybridized carbons (Fsp3) is 0.0174. The van der Waals surface area contributed by atoms with Crippen LogP contribution in [0.3, 0.4) is 0 Å². The second-order valence-corrected chi connectivity index (χ2v) is 32.4. The predicted octanol–water partition coefficient (Wildman–Crippen LogP) is 28.3. The van der Waals surface area contributed by atoms with E-state index in [-0.39, 0.29) is 0 Å². The van der Waals surface area contributed by atoms with Gasteiger partial charge in [0.05, 0.1) is 55.7 Å². The molecule has 22 aromatic rings. The van der Waals surface area contributed by atoms with Crippen molar-refractivity contribution in [3.05, 3.63) is 463 Å². The third-order valence-corrected chi connectivity index (χ3v) is 25.6. The Balaban J connectivity index is 0.000000136. The minimum atomic E-state index is -0.566. The lowest BCUT2D eigenvalue weighted by molar-refractivity contribution is 0.437. The van der Waals surface area contributed by atoms with Gasteiger partial charge >= 0.3 is 0 Å². The first kappa shape index (κ1) is 70.5. The zero-order chi connectivity index (χ0) is 81.6. The molecule has 0 N–H and O–H groups in total. The van der Waals surface area contributed by atoms with E-state index in [1.165, 1.54) is 44.5 Å². The van der Waals surface area contributed by atoms with Crippen molar-refractivity contribution >= 4 is 65.2 Å². The van der Waals surface area contributed by atoms with Crippen LogP contribution >= 0.6 is 0 Å². The summed E-state index contributed by atoms with van der Waals surface area (Å²) in [5.41, 5.74) is 29.8. The quantitative estimate of drug-likeness (QED) is 0.137. The van der Waals surface area contributed by atoms with E-state index < -0.39 is 10.8 Å². The fourth-order valence-electron chi connectivity index (χ4n) is 20.2.